The summed E-state index contributed by atoms with van der Waals surface area (Å²) < 4.78 is 38.1. The van der Waals surface area contributed by atoms with Crippen molar-refractivity contribution in [1.29, 1.82) is 0 Å². The lowest BCUT2D eigenvalue weighted by molar-refractivity contribution is 0.0226. The van der Waals surface area contributed by atoms with Crippen LogP contribution in [0.5, 0.6) is 0 Å². The van der Waals surface area contributed by atoms with Crippen LogP contribution in [0, 0.1) is 5.82 Å². The molecule has 0 spiro atoms. The molecule has 5 heteroatoms. The Morgan fingerprint density at radius 1 is 1.21 bits per heavy atom. The Labute approximate surface area is 89.6 Å². The van der Waals surface area contributed by atoms with E-state index in [1.807, 2.05) is 0 Å². The van der Waals surface area contributed by atoms with Gasteiger partial charge in [-0.2, -0.15) is 0 Å². The Hall–Kier alpha value is -0.410. The highest BCUT2D eigenvalue weighted by Crippen LogP contribution is 2.27. The van der Waals surface area contributed by atoms with Crippen molar-refractivity contribution in [3.05, 3.63) is 33.6 Å². The van der Waals surface area contributed by atoms with Crippen LogP contribution < -0.4 is 0 Å². The summed E-state index contributed by atoms with van der Waals surface area (Å²) in [6, 6.07) is 2.31. The third-order valence-corrected chi connectivity index (χ3v) is 2.11. The first-order chi connectivity index (χ1) is 6.29. The highest BCUT2D eigenvalue weighted by atomic mass is 35.5. The molecule has 0 bridgehead atoms. The van der Waals surface area contributed by atoms with Crippen molar-refractivity contribution in [2.24, 2.45) is 0 Å². The minimum absolute atomic E-state index is 0.217. The molecule has 0 heterocycles. The molecule has 0 aliphatic carbocycles. The molecule has 0 amide bonds. The van der Waals surface area contributed by atoms with Gasteiger partial charge in [0.15, 0.2) is 5.82 Å². The van der Waals surface area contributed by atoms with Gasteiger partial charge in [0.2, 0.25) is 5.92 Å². The van der Waals surface area contributed by atoms with E-state index in [1.54, 1.807) is 0 Å². The average Bonchev–Trinajstić information content (AvgIpc) is 1.96. The summed E-state index contributed by atoms with van der Waals surface area (Å²) in [5, 5.41) is -0.478. The molecule has 0 aromatic heterocycles. The molecule has 1 rings (SSSR count). The summed E-state index contributed by atoms with van der Waals surface area (Å²) >= 11 is 10.9. The van der Waals surface area contributed by atoms with E-state index in [4.69, 9.17) is 23.2 Å². The highest BCUT2D eigenvalue weighted by Gasteiger charge is 2.22. The Balaban J connectivity index is 3.02. The lowest BCUT2D eigenvalue weighted by Crippen LogP contribution is -2.13. The number of halogens is 5. The van der Waals surface area contributed by atoms with Gasteiger partial charge in [0.05, 0.1) is 10.0 Å². The second-order valence-corrected chi connectivity index (χ2v) is 3.93. The minimum atomic E-state index is -2.86. The molecule has 78 valence electrons. The SMILES string of the molecule is CC(F)(F)Cc1cc(Cl)c(F)c(Cl)c1. The standard InChI is InChI=1S/C9H7Cl2F3/c1-9(13,14)4-5-2-6(10)8(12)7(11)3-5/h2-3H,4H2,1H3. The Morgan fingerprint density at radius 3 is 2.00 bits per heavy atom. The van der Waals surface area contributed by atoms with Gasteiger partial charge < -0.3 is 0 Å². The molecular formula is C9H7Cl2F3. The fourth-order valence-corrected chi connectivity index (χ4v) is 1.60. The Kier molecular flexibility index (Phi) is 3.32. The number of benzene rings is 1. The quantitative estimate of drug-likeness (QED) is 0.678. The van der Waals surface area contributed by atoms with Crippen LogP contribution in [0.3, 0.4) is 0 Å². The van der Waals surface area contributed by atoms with Crippen LogP contribution in [0.4, 0.5) is 13.2 Å². The van der Waals surface area contributed by atoms with E-state index < -0.39 is 18.2 Å². The molecule has 14 heavy (non-hydrogen) atoms. The zero-order valence-electron chi connectivity index (χ0n) is 7.25. The summed E-state index contributed by atoms with van der Waals surface area (Å²) in [6.07, 6.45) is -0.507. The second-order valence-electron chi connectivity index (χ2n) is 3.12. The zero-order chi connectivity index (χ0) is 10.9. The van der Waals surface area contributed by atoms with Crippen LogP contribution in [0.1, 0.15) is 12.5 Å². The maximum absolute atomic E-state index is 12.9. The van der Waals surface area contributed by atoms with Gasteiger partial charge in [-0.05, 0) is 24.6 Å². The maximum atomic E-state index is 12.9. The van der Waals surface area contributed by atoms with E-state index in [-0.39, 0.29) is 15.6 Å². The Morgan fingerprint density at radius 2 is 1.64 bits per heavy atom. The lowest BCUT2D eigenvalue weighted by Gasteiger charge is -2.10. The smallest absolute Gasteiger partial charge is 0.207 e. The summed E-state index contributed by atoms with van der Waals surface area (Å²) in [6.45, 7) is 0.776. The minimum Gasteiger partial charge on any atom is -0.207 e. The molecule has 0 saturated heterocycles. The van der Waals surface area contributed by atoms with Crippen LogP contribution in [0.2, 0.25) is 10.0 Å². The van der Waals surface area contributed by atoms with Crippen molar-refractivity contribution in [3.8, 4) is 0 Å². The summed E-state index contributed by atoms with van der Waals surface area (Å²) in [7, 11) is 0. The summed E-state index contributed by atoms with van der Waals surface area (Å²) in [5.74, 6) is -3.64. The molecule has 0 aliphatic heterocycles. The molecular weight excluding hydrogens is 236 g/mol. The fraction of sp³-hybridized carbons (Fsp3) is 0.333. The van der Waals surface area contributed by atoms with Gasteiger partial charge in [0.1, 0.15) is 0 Å². The molecule has 0 fully saturated rings. The molecule has 0 saturated carbocycles. The van der Waals surface area contributed by atoms with Crippen LogP contribution in [0.25, 0.3) is 0 Å². The van der Waals surface area contributed by atoms with Crippen LogP contribution >= 0.6 is 23.2 Å². The van der Waals surface area contributed by atoms with Crippen molar-refractivity contribution in [2.75, 3.05) is 0 Å². The molecule has 0 N–H and O–H groups in total. The average molecular weight is 243 g/mol. The van der Waals surface area contributed by atoms with E-state index in [9.17, 15) is 13.2 Å². The topological polar surface area (TPSA) is 0 Å². The monoisotopic (exact) mass is 242 g/mol. The normalized spacial score (nSPS) is 11.9. The van der Waals surface area contributed by atoms with Crippen molar-refractivity contribution < 1.29 is 13.2 Å². The van der Waals surface area contributed by atoms with E-state index in [0.29, 0.717) is 0 Å². The largest absolute Gasteiger partial charge is 0.249 e. The maximum Gasteiger partial charge on any atom is 0.249 e. The van der Waals surface area contributed by atoms with E-state index >= 15 is 0 Å². The first-order valence-electron chi connectivity index (χ1n) is 3.81. The first kappa shape index (κ1) is 11.7. The van der Waals surface area contributed by atoms with E-state index in [1.165, 1.54) is 0 Å². The van der Waals surface area contributed by atoms with Gasteiger partial charge >= 0.3 is 0 Å². The van der Waals surface area contributed by atoms with Gasteiger partial charge in [-0.15, -0.1) is 0 Å². The van der Waals surface area contributed by atoms with Crippen molar-refractivity contribution in [1.82, 2.24) is 0 Å². The molecule has 1 aromatic carbocycles. The molecule has 0 aliphatic rings. The van der Waals surface area contributed by atoms with E-state index in [2.05, 4.69) is 0 Å². The predicted molar refractivity (Wildman–Crippen MR) is 50.7 cm³/mol. The fourth-order valence-electron chi connectivity index (χ4n) is 1.07. The van der Waals surface area contributed by atoms with Gasteiger partial charge in [-0.25, -0.2) is 13.2 Å². The molecule has 0 nitrogen and oxygen atoms in total. The Bertz CT molecular complexity index is 321. The molecule has 0 atom stereocenters. The zero-order valence-corrected chi connectivity index (χ0v) is 8.76. The van der Waals surface area contributed by atoms with Crippen molar-refractivity contribution in [3.63, 3.8) is 0 Å². The predicted octanol–water partition coefficient (Wildman–Crippen LogP) is 4.33. The molecule has 0 radical (unpaired) electrons. The third-order valence-electron chi connectivity index (χ3n) is 1.56. The first-order valence-corrected chi connectivity index (χ1v) is 4.56. The van der Waals surface area contributed by atoms with E-state index in [0.717, 1.165) is 19.1 Å². The van der Waals surface area contributed by atoms with Crippen molar-refractivity contribution in [2.45, 2.75) is 19.3 Å². The van der Waals surface area contributed by atoms with Gasteiger partial charge in [0.25, 0.3) is 0 Å². The number of hydrogen-bond donors (Lipinski definition) is 0. The number of rotatable bonds is 2. The highest BCUT2D eigenvalue weighted by molar-refractivity contribution is 6.34. The number of hydrogen-bond acceptors (Lipinski definition) is 0. The van der Waals surface area contributed by atoms with Gasteiger partial charge in [0, 0.05) is 6.42 Å². The van der Waals surface area contributed by atoms with Crippen LogP contribution in [-0.4, -0.2) is 5.92 Å². The molecule has 1 aromatic rings. The lowest BCUT2D eigenvalue weighted by atomic mass is 10.1. The van der Waals surface area contributed by atoms with Gasteiger partial charge in [-0.3, -0.25) is 0 Å². The van der Waals surface area contributed by atoms with Crippen molar-refractivity contribution >= 4 is 23.2 Å². The second kappa shape index (κ2) is 3.99. The number of alkyl halides is 2. The third kappa shape index (κ3) is 3.07. The summed E-state index contributed by atoms with van der Waals surface area (Å²) in [5.41, 5.74) is 0.217. The molecule has 0 unspecified atom stereocenters. The summed E-state index contributed by atoms with van der Waals surface area (Å²) in [4.78, 5) is 0. The van der Waals surface area contributed by atoms with Crippen LogP contribution in [-0.2, 0) is 6.42 Å². The van der Waals surface area contributed by atoms with Crippen LogP contribution in [0.15, 0.2) is 12.1 Å². The van der Waals surface area contributed by atoms with Gasteiger partial charge in [-0.1, -0.05) is 23.2 Å².